The Hall–Kier alpha value is -1.51. The molecule has 1 amide bonds. The molecule has 0 unspecified atom stereocenters. The van der Waals surface area contributed by atoms with Gasteiger partial charge in [-0.2, -0.15) is 0 Å². The van der Waals surface area contributed by atoms with Crippen molar-refractivity contribution in [1.29, 1.82) is 0 Å². The van der Waals surface area contributed by atoms with Crippen LogP contribution in [0.4, 0.5) is 0 Å². The molecular weight excluding hydrogens is 202 g/mol. The van der Waals surface area contributed by atoms with E-state index in [2.05, 4.69) is 0 Å². The summed E-state index contributed by atoms with van der Waals surface area (Å²) in [6, 6.07) is 9.86. The van der Waals surface area contributed by atoms with Gasteiger partial charge in [0.25, 0.3) is 0 Å². The number of benzene rings is 1. The third-order valence-electron chi connectivity index (χ3n) is 2.93. The molecule has 1 heterocycles. The zero-order valence-corrected chi connectivity index (χ0v) is 9.56. The van der Waals surface area contributed by atoms with Crippen LogP contribution in [0.25, 0.3) is 0 Å². The Balaban J connectivity index is 1.84. The average molecular weight is 219 g/mol. The quantitative estimate of drug-likeness (QED) is 0.762. The van der Waals surface area contributed by atoms with E-state index in [1.807, 2.05) is 35.2 Å². The highest BCUT2D eigenvalue weighted by molar-refractivity contribution is 5.73. The van der Waals surface area contributed by atoms with E-state index in [1.165, 1.54) is 0 Å². The van der Waals surface area contributed by atoms with Gasteiger partial charge in [0.2, 0.25) is 5.91 Å². The highest BCUT2D eigenvalue weighted by atomic mass is 16.5. The van der Waals surface area contributed by atoms with Crippen molar-refractivity contribution in [2.45, 2.75) is 25.9 Å². The molecule has 1 aromatic rings. The van der Waals surface area contributed by atoms with E-state index in [0.29, 0.717) is 0 Å². The Morgan fingerprint density at radius 1 is 1.25 bits per heavy atom. The van der Waals surface area contributed by atoms with Crippen LogP contribution in [-0.4, -0.2) is 30.0 Å². The summed E-state index contributed by atoms with van der Waals surface area (Å²) in [7, 11) is 0. The number of amides is 1. The monoisotopic (exact) mass is 219 g/mol. The SMILES string of the molecule is CC(=O)N1CCC(Oc2ccccc2)CC1. The molecule has 1 saturated heterocycles. The van der Waals surface area contributed by atoms with Crippen molar-refractivity contribution in [1.82, 2.24) is 4.90 Å². The fourth-order valence-electron chi connectivity index (χ4n) is 1.98. The topological polar surface area (TPSA) is 29.5 Å². The van der Waals surface area contributed by atoms with Crippen molar-refractivity contribution >= 4 is 5.91 Å². The van der Waals surface area contributed by atoms with E-state index >= 15 is 0 Å². The summed E-state index contributed by atoms with van der Waals surface area (Å²) in [5.41, 5.74) is 0. The van der Waals surface area contributed by atoms with Gasteiger partial charge >= 0.3 is 0 Å². The fourth-order valence-corrected chi connectivity index (χ4v) is 1.98. The molecule has 3 heteroatoms. The van der Waals surface area contributed by atoms with Gasteiger partial charge in [-0.1, -0.05) is 18.2 Å². The van der Waals surface area contributed by atoms with E-state index in [0.717, 1.165) is 31.7 Å². The molecule has 1 aliphatic heterocycles. The lowest BCUT2D eigenvalue weighted by Crippen LogP contribution is -2.40. The van der Waals surface area contributed by atoms with Crippen molar-refractivity contribution in [3.05, 3.63) is 30.3 Å². The van der Waals surface area contributed by atoms with Gasteiger partial charge in [0.1, 0.15) is 11.9 Å². The van der Waals surface area contributed by atoms with Crippen LogP contribution in [0.3, 0.4) is 0 Å². The van der Waals surface area contributed by atoms with Crippen LogP contribution in [0.5, 0.6) is 5.75 Å². The lowest BCUT2D eigenvalue weighted by atomic mass is 10.1. The standard InChI is InChI=1S/C13H17NO2/c1-11(15)14-9-7-13(8-10-14)16-12-5-3-2-4-6-12/h2-6,13H,7-10H2,1H3. The van der Waals surface area contributed by atoms with Crippen molar-refractivity contribution < 1.29 is 9.53 Å². The van der Waals surface area contributed by atoms with Crippen molar-refractivity contribution in [2.75, 3.05) is 13.1 Å². The number of para-hydroxylation sites is 1. The second-order valence-corrected chi connectivity index (χ2v) is 4.14. The Morgan fingerprint density at radius 2 is 1.88 bits per heavy atom. The van der Waals surface area contributed by atoms with Crippen LogP contribution in [-0.2, 0) is 4.79 Å². The maximum atomic E-state index is 11.1. The molecule has 0 aromatic heterocycles. The number of nitrogens with zero attached hydrogens (tertiary/aromatic N) is 1. The fraction of sp³-hybridized carbons (Fsp3) is 0.462. The summed E-state index contributed by atoms with van der Waals surface area (Å²) in [6.07, 6.45) is 2.10. The number of hydrogen-bond acceptors (Lipinski definition) is 2. The van der Waals surface area contributed by atoms with Gasteiger partial charge < -0.3 is 9.64 Å². The van der Waals surface area contributed by atoms with Gasteiger partial charge in [0, 0.05) is 32.9 Å². The Morgan fingerprint density at radius 3 is 2.44 bits per heavy atom. The van der Waals surface area contributed by atoms with E-state index in [4.69, 9.17) is 4.74 Å². The van der Waals surface area contributed by atoms with Crippen LogP contribution in [0.15, 0.2) is 30.3 Å². The molecule has 0 atom stereocenters. The summed E-state index contributed by atoms with van der Waals surface area (Å²) < 4.78 is 5.85. The van der Waals surface area contributed by atoms with Crippen LogP contribution in [0, 0.1) is 0 Å². The van der Waals surface area contributed by atoms with E-state index < -0.39 is 0 Å². The third-order valence-corrected chi connectivity index (χ3v) is 2.93. The number of hydrogen-bond donors (Lipinski definition) is 0. The molecule has 86 valence electrons. The molecule has 2 rings (SSSR count). The lowest BCUT2D eigenvalue weighted by molar-refractivity contribution is -0.130. The van der Waals surface area contributed by atoms with E-state index in [9.17, 15) is 4.79 Å². The minimum atomic E-state index is 0.165. The predicted octanol–water partition coefficient (Wildman–Crippen LogP) is 2.08. The first-order valence-electron chi connectivity index (χ1n) is 5.73. The van der Waals surface area contributed by atoms with E-state index in [-0.39, 0.29) is 12.0 Å². The second-order valence-electron chi connectivity index (χ2n) is 4.14. The maximum Gasteiger partial charge on any atom is 0.219 e. The Bertz CT molecular complexity index is 342. The van der Waals surface area contributed by atoms with Gasteiger partial charge in [0.05, 0.1) is 0 Å². The molecular formula is C13H17NO2. The van der Waals surface area contributed by atoms with Gasteiger partial charge in [-0.05, 0) is 12.1 Å². The van der Waals surface area contributed by atoms with Crippen LogP contribution in [0.2, 0.25) is 0 Å². The molecule has 0 saturated carbocycles. The zero-order valence-electron chi connectivity index (χ0n) is 9.56. The van der Waals surface area contributed by atoms with Crippen molar-refractivity contribution in [2.24, 2.45) is 0 Å². The van der Waals surface area contributed by atoms with Gasteiger partial charge in [0.15, 0.2) is 0 Å². The number of ether oxygens (including phenoxy) is 1. The first-order chi connectivity index (χ1) is 7.75. The van der Waals surface area contributed by atoms with Crippen LogP contribution < -0.4 is 4.74 Å². The summed E-state index contributed by atoms with van der Waals surface area (Å²) in [5.74, 6) is 1.09. The number of carbonyl (C=O) groups excluding carboxylic acids is 1. The molecule has 3 nitrogen and oxygen atoms in total. The van der Waals surface area contributed by atoms with Gasteiger partial charge in [-0.3, -0.25) is 4.79 Å². The zero-order chi connectivity index (χ0) is 11.4. The predicted molar refractivity (Wildman–Crippen MR) is 62.3 cm³/mol. The van der Waals surface area contributed by atoms with Gasteiger partial charge in [-0.25, -0.2) is 0 Å². The van der Waals surface area contributed by atoms with Gasteiger partial charge in [-0.15, -0.1) is 0 Å². The summed E-state index contributed by atoms with van der Waals surface area (Å²) in [6.45, 7) is 3.25. The normalized spacial score (nSPS) is 17.2. The van der Waals surface area contributed by atoms with Crippen LogP contribution in [0.1, 0.15) is 19.8 Å². The highest BCUT2D eigenvalue weighted by Crippen LogP contribution is 2.18. The molecule has 0 radical (unpaired) electrons. The largest absolute Gasteiger partial charge is 0.490 e. The number of rotatable bonds is 2. The molecule has 0 spiro atoms. The number of piperidine rings is 1. The minimum absolute atomic E-state index is 0.165. The molecule has 1 aromatic carbocycles. The average Bonchev–Trinajstić information content (AvgIpc) is 2.31. The number of likely N-dealkylation sites (tertiary alicyclic amines) is 1. The molecule has 0 aliphatic carbocycles. The summed E-state index contributed by atoms with van der Waals surface area (Å²) >= 11 is 0. The van der Waals surface area contributed by atoms with Crippen LogP contribution >= 0.6 is 0 Å². The molecule has 16 heavy (non-hydrogen) atoms. The first kappa shape index (κ1) is 11.0. The smallest absolute Gasteiger partial charge is 0.219 e. The molecule has 0 bridgehead atoms. The van der Waals surface area contributed by atoms with Crippen molar-refractivity contribution in [3.63, 3.8) is 0 Å². The lowest BCUT2D eigenvalue weighted by Gasteiger charge is -2.31. The summed E-state index contributed by atoms with van der Waals surface area (Å²) in [5, 5.41) is 0. The maximum absolute atomic E-state index is 11.1. The number of carbonyl (C=O) groups is 1. The molecule has 1 aliphatic rings. The third kappa shape index (κ3) is 2.75. The second kappa shape index (κ2) is 5.01. The first-order valence-corrected chi connectivity index (χ1v) is 5.73. The Kier molecular flexibility index (Phi) is 3.44. The van der Waals surface area contributed by atoms with E-state index in [1.54, 1.807) is 6.92 Å². The Labute approximate surface area is 96.0 Å². The van der Waals surface area contributed by atoms with Crippen molar-refractivity contribution in [3.8, 4) is 5.75 Å². The molecule has 1 fully saturated rings. The minimum Gasteiger partial charge on any atom is -0.490 e. The molecule has 0 N–H and O–H groups in total. The highest BCUT2D eigenvalue weighted by Gasteiger charge is 2.21. The summed E-state index contributed by atoms with van der Waals surface area (Å²) in [4.78, 5) is 13.0.